The fraction of sp³-hybridized carbons (Fsp3) is 0.500. The predicted molar refractivity (Wildman–Crippen MR) is 90.3 cm³/mol. The maximum atomic E-state index is 11.3. The van der Waals surface area contributed by atoms with Crippen molar-refractivity contribution in [3.8, 4) is 0 Å². The molecule has 5 nitrogen and oxygen atoms in total. The largest absolute Gasteiger partial charge is 0.341 e. The molecule has 2 aliphatic heterocycles. The second-order valence-corrected chi connectivity index (χ2v) is 6.03. The van der Waals surface area contributed by atoms with Crippen LogP contribution in [0.25, 0.3) is 0 Å². The van der Waals surface area contributed by atoms with Crippen molar-refractivity contribution in [1.29, 1.82) is 0 Å². The topological polar surface area (TPSA) is 50.8 Å². The Hall–Kier alpha value is -1.85. The lowest BCUT2D eigenvalue weighted by atomic mass is 10.0. The highest BCUT2D eigenvalue weighted by Gasteiger charge is 2.50. The Morgan fingerprint density at radius 3 is 2.78 bits per heavy atom. The number of ether oxygens (including phenoxy) is 2. The molecule has 2 aliphatic rings. The van der Waals surface area contributed by atoms with Gasteiger partial charge in [-0.15, -0.1) is 0 Å². The van der Waals surface area contributed by atoms with Gasteiger partial charge in [-0.2, -0.15) is 0 Å². The van der Waals surface area contributed by atoms with E-state index in [1.165, 1.54) is 6.92 Å². The second kappa shape index (κ2) is 6.34. The maximum Gasteiger partial charge on any atom is 0.239 e. The Labute approximate surface area is 137 Å². The van der Waals surface area contributed by atoms with Crippen molar-refractivity contribution in [3.05, 3.63) is 36.0 Å². The summed E-state index contributed by atoms with van der Waals surface area (Å²) < 4.78 is 12.1. The number of nitrogens with one attached hydrogen (secondary N) is 1. The molecule has 1 spiro atoms. The lowest BCUT2D eigenvalue weighted by Gasteiger charge is -2.36. The molecule has 0 saturated carbocycles. The van der Waals surface area contributed by atoms with Gasteiger partial charge in [0.15, 0.2) is 0 Å². The molecule has 0 atom stereocenters. The molecule has 1 saturated heterocycles. The first-order valence-electron chi connectivity index (χ1n) is 8.25. The van der Waals surface area contributed by atoms with Crippen LogP contribution >= 0.6 is 0 Å². The minimum absolute atomic E-state index is 0.0934. The van der Waals surface area contributed by atoms with E-state index in [0.717, 1.165) is 48.4 Å². The van der Waals surface area contributed by atoms with Crippen LogP contribution in [0.5, 0.6) is 0 Å². The van der Waals surface area contributed by atoms with Crippen LogP contribution in [-0.2, 0) is 20.1 Å². The number of anilines is 2. The summed E-state index contributed by atoms with van der Waals surface area (Å²) in [6.07, 6.45) is 3.06. The van der Waals surface area contributed by atoms with Crippen LogP contribution in [0.1, 0.15) is 38.7 Å². The summed E-state index contributed by atoms with van der Waals surface area (Å²) in [5, 5.41) is 2.83. The molecule has 1 aromatic rings. The van der Waals surface area contributed by atoms with Crippen molar-refractivity contribution in [1.82, 2.24) is 0 Å². The molecule has 1 amide bonds. The van der Waals surface area contributed by atoms with E-state index >= 15 is 0 Å². The highest BCUT2D eigenvalue weighted by Crippen LogP contribution is 2.51. The summed E-state index contributed by atoms with van der Waals surface area (Å²) in [6, 6.07) is 5.87. The first-order chi connectivity index (χ1) is 11.1. The number of rotatable bonds is 4. The van der Waals surface area contributed by atoms with Gasteiger partial charge in [0.2, 0.25) is 11.7 Å². The zero-order valence-corrected chi connectivity index (χ0v) is 13.9. The second-order valence-electron chi connectivity index (χ2n) is 6.03. The van der Waals surface area contributed by atoms with E-state index in [2.05, 4.69) is 23.7 Å². The highest BCUT2D eigenvalue weighted by molar-refractivity contribution is 5.89. The molecule has 1 aromatic carbocycles. The van der Waals surface area contributed by atoms with Gasteiger partial charge in [-0.3, -0.25) is 4.79 Å². The molecule has 3 rings (SSSR count). The van der Waals surface area contributed by atoms with Crippen LogP contribution in [0.15, 0.2) is 30.5 Å². The van der Waals surface area contributed by atoms with E-state index in [1.54, 1.807) is 0 Å². The number of unbranched alkanes of at least 4 members (excludes halogenated alkanes) is 1. The van der Waals surface area contributed by atoms with E-state index < -0.39 is 5.79 Å². The van der Waals surface area contributed by atoms with Gasteiger partial charge in [-0.1, -0.05) is 19.9 Å². The molecule has 0 aliphatic carbocycles. The Bertz CT molecular complexity index is 621. The number of carbonyl (C=O) groups is 1. The van der Waals surface area contributed by atoms with Gasteiger partial charge in [-0.25, -0.2) is 0 Å². The Kier molecular flexibility index (Phi) is 4.41. The summed E-state index contributed by atoms with van der Waals surface area (Å²) >= 11 is 0. The molecule has 5 heteroatoms. The first-order valence-corrected chi connectivity index (χ1v) is 8.25. The number of amides is 1. The SMILES string of the molecule is C=C1N(CCCC)c2ccc(NC(C)=O)cc2C12OCCCO2. The minimum atomic E-state index is -0.907. The summed E-state index contributed by atoms with van der Waals surface area (Å²) in [6.45, 7) is 10.1. The summed E-state index contributed by atoms with van der Waals surface area (Å²) in [5.74, 6) is -1.00. The molecule has 124 valence electrons. The van der Waals surface area contributed by atoms with Crippen molar-refractivity contribution < 1.29 is 14.3 Å². The van der Waals surface area contributed by atoms with Crippen LogP contribution < -0.4 is 10.2 Å². The van der Waals surface area contributed by atoms with Crippen molar-refractivity contribution in [2.45, 2.75) is 38.9 Å². The molecule has 1 fully saturated rings. The average molecular weight is 316 g/mol. The third-order valence-corrected chi connectivity index (χ3v) is 4.30. The van der Waals surface area contributed by atoms with E-state index in [4.69, 9.17) is 9.47 Å². The van der Waals surface area contributed by atoms with Gasteiger partial charge in [0.05, 0.1) is 24.6 Å². The molecular formula is C18H24N2O3. The average Bonchev–Trinajstić information content (AvgIpc) is 2.75. The van der Waals surface area contributed by atoms with E-state index in [9.17, 15) is 4.79 Å². The van der Waals surface area contributed by atoms with Gasteiger partial charge in [0, 0.05) is 24.7 Å². The zero-order valence-electron chi connectivity index (χ0n) is 13.9. The van der Waals surface area contributed by atoms with Gasteiger partial charge in [0.1, 0.15) is 0 Å². The Morgan fingerprint density at radius 1 is 1.39 bits per heavy atom. The molecule has 1 N–H and O–H groups in total. The minimum Gasteiger partial charge on any atom is -0.341 e. The van der Waals surface area contributed by atoms with Crippen LogP contribution in [0, 0.1) is 0 Å². The standard InChI is InChI=1S/C18H24N2O3/c1-4-5-9-20-13(2)18(22-10-6-11-23-18)16-12-15(19-14(3)21)7-8-17(16)20/h7-8,12H,2,4-6,9-11H2,1,3H3,(H,19,21). The monoisotopic (exact) mass is 316 g/mol. The molecule has 0 aromatic heterocycles. The summed E-state index contributed by atoms with van der Waals surface area (Å²) in [7, 11) is 0. The van der Waals surface area contributed by atoms with Crippen LogP contribution in [0.4, 0.5) is 11.4 Å². The smallest absolute Gasteiger partial charge is 0.239 e. The van der Waals surface area contributed by atoms with Gasteiger partial charge in [0.25, 0.3) is 0 Å². The number of nitrogens with zero attached hydrogens (tertiary/aromatic N) is 1. The number of fused-ring (bicyclic) bond motifs is 2. The van der Waals surface area contributed by atoms with Crippen LogP contribution in [0.3, 0.4) is 0 Å². The third-order valence-electron chi connectivity index (χ3n) is 4.30. The zero-order chi connectivity index (χ0) is 16.4. The normalized spacial score (nSPS) is 19.0. The molecule has 0 radical (unpaired) electrons. The fourth-order valence-electron chi connectivity index (χ4n) is 3.22. The third kappa shape index (κ3) is 2.75. The maximum absolute atomic E-state index is 11.3. The number of hydrogen-bond acceptors (Lipinski definition) is 4. The van der Waals surface area contributed by atoms with Gasteiger partial charge >= 0.3 is 0 Å². The lowest BCUT2D eigenvalue weighted by Crippen LogP contribution is -2.40. The van der Waals surface area contributed by atoms with Crippen molar-refractivity contribution in [2.75, 3.05) is 30.0 Å². The highest BCUT2D eigenvalue weighted by atomic mass is 16.7. The molecule has 23 heavy (non-hydrogen) atoms. The molecule has 0 bridgehead atoms. The number of carbonyl (C=O) groups excluding carboxylic acids is 1. The number of benzene rings is 1. The predicted octanol–water partition coefficient (Wildman–Crippen LogP) is 3.37. The van der Waals surface area contributed by atoms with E-state index in [0.29, 0.717) is 13.2 Å². The molecule has 0 unspecified atom stereocenters. The van der Waals surface area contributed by atoms with Crippen molar-refractivity contribution in [3.63, 3.8) is 0 Å². The van der Waals surface area contributed by atoms with Crippen LogP contribution in [0.2, 0.25) is 0 Å². The van der Waals surface area contributed by atoms with Gasteiger partial charge < -0.3 is 19.7 Å². The molecule has 2 heterocycles. The van der Waals surface area contributed by atoms with Crippen LogP contribution in [-0.4, -0.2) is 25.7 Å². The fourth-order valence-corrected chi connectivity index (χ4v) is 3.22. The Morgan fingerprint density at radius 2 is 2.13 bits per heavy atom. The first kappa shape index (κ1) is 16.0. The number of hydrogen-bond donors (Lipinski definition) is 1. The summed E-state index contributed by atoms with van der Waals surface area (Å²) in [5.41, 5.74) is 3.57. The Balaban J connectivity index is 2.03. The van der Waals surface area contributed by atoms with E-state index in [1.807, 2.05) is 18.2 Å². The quantitative estimate of drug-likeness (QED) is 0.925. The van der Waals surface area contributed by atoms with Crippen molar-refractivity contribution in [2.24, 2.45) is 0 Å². The van der Waals surface area contributed by atoms with Gasteiger partial charge in [-0.05, 0) is 31.0 Å². The lowest BCUT2D eigenvalue weighted by molar-refractivity contribution is -0.248. The molecular weight excluding hydrogens is 292 g/mol. The van der Waals surface area contributed by atoms with Crippen molar-refractivity contribution >= 4 is 17.3 Å². The summed E-state index contributed by atoms with van der Waals surface area (Å²) in [4.78, 5) is 13.5. The van der Waals surface area contributed by atoms with E-state index in [-0.39, 0.29) is 5.91 Å².